The number of hydrogen-bond acceptors (Lipinski definition) is 4. The van der Waals surface area contributed by atoms with Crippen molar-refractivity contribution >= 4 is 17.3 Å². The third-order valence-electron chi connectivity index (χ3n) is 6.29. The Hall–Kier alpha value is -3.58. The van der Waals surface area contributed by atoms with Crippen LogP contribution in [0.1, 0.15) is 45.9 Å². The molecule has 5 rings (SSSR count). The van der Waals surface area contributed by atoms with Gasteiger partial charge in [0.2, 0.25) is 0 Å². The Morgan fingerprint density at radius 1 is 0.909 bits per heavy atom. The summed E-state index contributed by atoms with van der Waals surface area (Å²) in [4.78, 5) is 15.4. The minimum Gasteiger partial charge on any atom is -0.352 e. The fourth-order valence-electron chi connectivity index (χ4n) is 4.64. The maximum atomic E-state index is 5.84. The van der Waals surface area contributed by atoms with Crippen LogP contribution in [0.4, 0.5) is 0 Å². The molecule has 0 saturated carbocycles. The van der Waals surface area contributed by atoms with Gasteiger partial charge in [0, 0.05) is 55.5 Å². The monoisotopic (exact) mass is 454 g/mol. The van der Waals surface area contributed by atoms with Gasteiger partial charge in [-0.05, 0) is 79.2 Å². The number of thiocarbonyl (C=S) groups is 1. The van der Waals surface area contributed by atoms with Crippen molar-refractivity contribution in [3.05, 3.63) is 113 Å². The molecule has 0 amide bonds. The molecule has 0 aromatic carbocycles. The molecule has 4 aromatic rings. The van der Waals surface area contributed by atoms with E-state index in [4.69, 9.17) is 12.2 Å². The molecule has 1 aliphatic heterocycles. The number of rotatable bonds is 6. The number of aromatic nitrogens is 4. The molecule has 5 heterocycles. The maximum Gasteiger partial charge on any atom is 0.170 e. The van der Waals surface area contributed by atoms with Gasteiger partial charge in [0.05, 0.1) is 17.8 Å². The van der Waals surface area contributed by atoms with E-state index >= 15 is 0 Å². The van der Waals surface area contributed by atoms with Crippen LogP contribution in [-0.4, -0.2) is 29.5 Å². The molecule has 6 nitrogen and oxygen atoms in total. The van der Waals surface area contributed by atoms with Crippen molar-refractivity contribution in [2.45, 2.75) is 39.0 Å². The third kappa shape index (κ3) is 4.24. The Kier molecular flexibility index (Phi) is 5.88. The Balaban J connectivity index is 1.56. The van der Waals surface area contributed by atoms with E-state index in [-0.39, 0.29) is 12.1 Å². The molecule has 0 aliphatic carbocycles. The number of aryl methyl sites for hydroxylation is 1. The first-order valence-corrected chi connectivity index (χ1v) is 11.4. The van der Waals surface area contributed by atoms with E-state index in [0.717, 1.165) is 17.4 Å². The summed E-state index contributed by atoms with van der Waals surface area (Å²) in [5.41, 5.74) is 7.04. The van der Waals surface area contributed by atoms with Crippen molar-refractivity contribution in [3.63, 3.8) is 0 Å². The summed E-state index contributed by atoms with van der Waals surface area (Å²) < 4.78 is 2.35. The Morgan fingerprint density at radius 3 is 2.48 bits per heavy atom. The first-order chi connectivity index (χ1) is 16.1. The summed E-state index contributed by atoms with van der Waals surface area (Å²) in [6.07, 6.45) is 9.23. The van der Waals surface area contributed by atoms with E-state index in [1.54, 1.807) is 0 Å². The molecule has 0 bridgehead atoms. The van der Waals surface area contributed by atoms with Crippen molar-refractivity contribution in [2.24, 2.45) is 0 Å². The zero-order valence-electron chi connectivity index (χ0n) is 18.7. The molecule has 0 spiro atoms. The van der Waals surface area contributed by atoms with Crippen molar-refractivity contribution in [1.29, 1.82) is 0 Å². The fourth-order valence-corrected chi connectivity index (χ4v) is 4.95. The topological polar surface area (TPSA) is 58.9 Å². The summed E-state index contributed by atoms with van der Waals surface area (Å²) in [6, 6.07) is 16.5. The van der Waals surface area contributed by atoms with E-state index < -0.39 is 0 Å². The molecule has 1 N–H and O–H groups in total. The zero-order valence-corrected chi connectivity index (χ0v) is 19.5. The molecule has 1 aliphatic rings. The second-order valence-corrected chi connectivity index (χ2v) is 8.77. The predicted octanol–water partition coefficient (Wildman–Crippen LogP) is 4.51. The summed E-state index contributed by atoms with van der Waals surface area (Å²) in [7, 11) is 0. The molecule has 7 heteroatoms. The highest BCUT2D eigenvalue weighted by Crippen LogP contribution is 2.41. The molecular formula is C26H26N6S. The van der Waals surface area contributed by atoms with Gasteiger partial charge in [0.25, 0.3) is 0 Å². The molecule has 1 saturated heterocycles. The van der Waals surface area contributed by atoms with Gasteiger partial charge >= 0.3 is 0 Å². The van der Waals surface area contributed by atoms with Crippen LogP contribution in [0.5, 0.6) is 0 Å². The SMILES string of the molecule is Cc1cc(C2C(c3ccccn3)NC(=S)N2Cc2ccncc2)c(C)n1Cc1cccnc1. The smallest absolute Gasteiger partial charge is 0.170 e. The Labute approximate surface area is 199 Å². The first-order valence-electron chi connectivity index (χ1n) is 11.0. The summed E-state index contributed by atoms with van der Waals surface area (Å²) >= 11 is 5.84. The fraction of sp³-hybridized carbons (Fsp3) is 0.231. The second kappa shape index (κ2) is 9.11. The Morgan fingerprint density at radius 2 is 1.76 bits per heavy atom. The van der Waals surface area contributed by atoms with Gasteiger partial charge in [0.1, 0.15) is 0 Å². The predicted molar refractivity (Wildman–Crippen MR) is 132 cm³/mol. The van der Waals surface area contributed by atoms with Gasteiger partial charge in [-0.3, -0.25) is 15.0 Å². The van der Waals surface area contributed by atoms with Crippen LogP contribution in [0, 0.1) is 13.8 Å². The van der Waals surface area contributed by atoms with E-state index in [2.05, 4.69) is 61.8 Å². The lowest BCUT2D eigenvalue weighted by atomic mass is 9.96. The molecule has 33 heavy (non-hydrogen) atoms. The van der Waals surface area contributed by atoms with Crippen LogP contribution in [0.2, 0.25) is 0 Å². The summed E-state index contributed by atoms with van der Waals surface area (Å²) in [6.45, 7) is 5.85. The van der Waals surface area contributed by atoms with Crippen LogP contribution in [0.25, 0.3) is 0 Å². The van der Waals surface area contributed by atoms with E-state index in [9.17, 15) is 0 Å². The van der Waals surface area contributed by atoms with Crippen molar-refractivity contribution in [1.82, 2.24) is 29.7 Å². The zero-order chi connectivity index (χ0) is 22.8. The lowest BCUT2D eigenvalue weighted by Crippen LogP contribution is -2.29. The minimum atomic E-state index is -0.0344. The number of hydrogen-bond donors (Lipinski definition) is 1. The maximum absolute atomic E-state index is 5.84. The van der Waals surface area contributed by atoms with Crippen molar-refractivity contribution < 1.29 is 0 Å². The van der Waals surface area contributed by atoms with E-state index in [0.29, 0.717) is 6.54 Å². The van der Waals surface area contributed by atoms with Crippen LogP contribution >= 0.6 is 12.2 Å². The second-order valence-electron chi connectivity index (χ2n) is 8.38. The molecule has 2 atom stereocenters. The average Bonchev–Trinajstić information content (AvgIpc) is 3.31. The highest BCUT2D eigenvalue weighted by Gasteiger charge is 2.41. The van der Waals surface area contributed by atoms with Crippen LogP contribution in [0.3, 0.4) is 0 Å². The van der Waals surface area contributed by atoms with Crippen LogP contribution < -0.4 is 5.32 Å². The van der Waals surface area contributed by atoms with Gasteiger partial charge < -0.3 is 14.8 Å². The average molecular weight is 455 g/mol. The Bertz CT molecular complexity index is 1240. The third-order valence-corrected chi connectivity index (χ3v) is 6.65. The number of pyridine rings is 3. The van der Waals surface area contributed by atoms with Crippen molar-refractivity contribution in [3.8, 4) is 0 Å². The summed E-state index contributed by atoms with van der Waals surface area (Å²) in [5.74, 6) is 0. The summed E-state index contributed by atoms with van der Waals surface area (Å²) in [5, 5.41) is 4.30. The molecule has 166 valence electrons. The lowest BCUT2D eigenvalue weighted by molar-refractivity contribution is 0.309. The molecule has 1 fully saturated rings. The van der Waals surface area contributed by atoms with E-state index in [1.165, 1.54) is 28.1 Å². The van der Waals surface area contributed by atoms with Gasteiger partial charge in [-0.2, -0.15) is 0 Å². The highest BCUT2D eigenvalue weighted by molar-refractivity contribution is 7.80. The first kappa shape index (κ1) is 21.3. The molecule has 4 aromatic heterocycles. The minimum absolute atomic E-state index is 0.0226. The lowest BCUT2D eigenvalue weighted by Gasteiger charge is -2.28. The van der Waals surface area contributed by atoms with Crippen LogP contribution in [-0.2, 0) is 13.1 Å². The van der Waals surface area contributed by atoms with Gasteiger partial charge in [-0.25, -0.2) is 0 Å². The van der Waals surface area contributed by atoms with E-state index in [1.807, 2.05) is 61.3 Å². The number of nitrogens with zero attached hydrogens (tertiary/aromatic N) is 5. The molecular weight excluding hydrogens is 428 g/mol. The molecule has 0 radical (unpaired) electrons. The highest BCUT2D eigenvalue weighted by atomic mass is 32.1. The normalized spacial score (nSPS) is 17.9. The standard InChI is InChI=1S/C26H26N6S/c1-18-14-22(19(2)31(18)17-21-6-5-10-28-15-21)25-24(23-7-3-4-11-29-23)30-26(33)32(25)16-20-8-12-27-13-9-20/h3-15,24-25H,16-17H2,1-2H3,(H,30,33). The molecule has 2 unspecified atom stereocenters. The largest absolute Gasteiger partial charge is 0.352 e. The van der Waals surface area contributed by atoms with Gasteiger partial charge in [0.15, 0.2) is 5.11 Å². The quantitative estimate of drug-likeness (QED) is 0.433. The van der Waals surface area contributed by atoms with Crippen molar-refractivity contribution in [2.75, 3.05) is 0 Å². The van der Waals surface area contributed by atoms with Crippen LogP contribution in [0.15, 0.2) is 79.5 Å². The van der Waals surface area contributed by atoms with Gasteiger partial charge in [-0.15, -0.1) is 0 Å². The van der Waals surface area contributed by atoms with Gasteiger partial charge in [-0.1, -0.05) is 12.1 Å². The number of nitrogens with one attached hydrogen (secondary N) is 1.